The summed E-state index contributed by atoms with van der Waals surface area (Å²) in [5.41, 5.74) is 2.67. The third kappa shape index (κ3) is 3.29. The maximum Gasteiger partial charge on any atom is 0.184 e. The van der Waals surface area contributed by atoms with Crippen molar-refractivity contribution in [3.05, 3.63) is 69.5 Å². The second-order valence-electron chi connectivity index (χ2n) is 4.97. The fourth-order valence-corrected chi connectivity index (χ4v) is 2.56. The summed E-state index contributed by atoms with van der Waals surface area (Å²) in [5, 5.41) is 9.40. The minimum absolute atomic E-state index is 0.0827. The molecule has 0 spiro atoms. The molecule has 0 N–H and O–H groups in total. The van der Waals surface area contributed by atoms with E-state index in [4.69, 9.17) is 11.6 Å². The highest BCUT2D eigenvalue weighted by Gasteiger charge is 2.24. The maximum atomic E-state index is 13.1. The standard InChI is InChI=1S/C17H13ClFNO/c1-10-5-11(2)7-12(6-10)17(21)15(9-20)14-4-3-13(19)8-16(14)18/h3-8,15H,1-2H3. The van der Waals surface area contributed by atoms with E-state index in [1.54, 1.807) is 12.1 Å². The first-order chi connectivity index (χ1) is 9.92. The molecule has 2 aromatic carbocycles. The number of nitrogens with zero attached hydrogens (tertiary/aromatic N) is 1. The monoisotopic (exact) mass is 301 g/mol. The van der Waals surface area contributed by atoms with Crippen LogP contribution in [0.1, 0.15) is 33.0 Å². The molecule has 1 atom stereocenters. The summed E-state index contributed by atoms with van der Waals surface area (Å²) in [6.07, 6.45) is 0. The van der Waals surface area contributed by atoms with Crippen LogP contribution in [0.15, 0.2) is 36.4 Å². The lowest BCUT2D eigenvalue weighted by Gasteiger charge is -2.11. The van der Waals surface area contributed by atoms with Gasteiger partial charge in [0.1, 0.15) is 11.7 Å². The topological polar surface area (TPSA) is 40.9 Å². The van der Waals surface area contributed by atoms with Gasteiger partial charge in [-0.15, -0.1) is 0 Å². The third-order valence-electron chi connectivity index (χ3n) is 3.17. The molecule has 0 aliphatic heterocycles. The van der Waals surface area contributed by atoms with Crippen LogP contribution in [0.5, 0.6) is 0 Å². The van der Waals surface area contributed by atoms with Crippen LogP contribution in [-0.4, -0.2) is 5.78 Å². The van der Waals surface area contributed by atoms with Crippen LogP contribution in [0.4, 0.5) is 4.39 Å². The predicted octanol–water partition coefficient (Wildman–Crippen LogP) is 4.59. The molecule has 1 unspecified atom stereocenters. The lowest BCUT2D eigenvalue weighted by Crippen LogP contribution is -2.12. The van der Waals surface area contributed by atoms with E-state index < -0.39 is 11.7 Å². The first kappa shape index (κ1) is 15.2. The van der Waals surface area contributed by atoms with E-state index >= 15 is 0 Å². The fraction of sp³-hybridized carbons (Fsp3) is 0.176. The Bertz CT molecular complexity index is 729. The first-order valence-electron chi connectivity index (χ1n) is 6.39. The highest BCUT2D eigenvalue weighted by atomic mass is 35.5. The van der Waals surface area contributed by atoms with Gasteiger partial charge < -0.3 is 0 Å². The second kappa shape index (κ2) is 6.07. The molecule has 0 aliphatic rings. The van der Waals surface area contributed by atoms with E-state index in [2.05, 4.69) is 0 Å². The Hall–Kier alpha value is -2.18. The van der Waals surface area contributed by atoms with Crippen LogP contribution in [0.25, 0.3) is 0 Å². The summed E-state index contributed by atoms with van der Waals surface area (Å²) in [4.78, 5) is 12.5. The van der Waals surface area contributed by atoms with E-state index in [1.807, 2.05) is 26.0 Å². The molecular weight excluding hydrogens is 289 g/mol. The number of aryl methyl sites for hydroxylation is 2. The molecule has 4 heteroatoms. The van der Waals surface area contributed by atoms with Gasteiger partial charge >= 0.3 is 0 Å². The average Bonchev–Trinajstić information content (AvgIpc) is 2.40. The van der Waals surface area contributed by atoms with Crippen LogP contribution < -0.4 is 0 Å². The fourth-order valence-electron chi connectivity index (χ4n) is 2.29. The molecule has 0 saturated carbocycles. The number of nitriles is 1. The summed E-state index contributed by atoms with van der Waals surface area (Å²) in [6, 6.07) is 11.1. The summed E-state index contributed by atoms with van der Waals surface area (Å²) in [6.45, 7) is 3.77. The molecule has 0 bridgehead atoms. The van der Waals surface area contributed by atoms with Gasteiger partial charge in [-0.2, -0.15) is 5.26 Å². The van der Waals surface area contributed by atoms with Crippen molar-refractivity contribution in [3.63, 3.8) is 0 Å². The predicted molar refractivity (Wildman–Crippen MR) is 80.0 cm³/mol. The molecule has 106 valence electrons. The van der Waals surface area contributed by atoms with Crippen molar-refractivity contribution in [1.29, 1.82) is 5.26 Å². The SMILES string of the molecule is Cc1cc(C)cc(C(=O)C(C#N)c2ccc(F)cc2Cl)c1. The van der Waals surface area contributed by atoms with Gasteiger partial charge in [0, 0.05) is 10.6 Å². The van der Waals surface area contributed by atoms with Crippen LogP contribution in [0.2, 0.25) is 5.02 Å². The number of carbonyl (C=O) groups excluding carboxylic acids is 1. The molecular formula is C17H13ClFNO. The minimum atomic E-state index is -1.04. The highest BCUT2D eigenvalue weighted by Crippen LogP contribution is 2.28. The largest absolute Gasteiger partial charge is 0.292 e. The molecule has 0 saturated heterocycles. The molecule has 0 heterocycles. The Morgan fingerprint density at radius 3 is 2.33 bits per heavy atom. The number of carbonyl (C=O) groups is 1. The van der Waals surface area contributed by atoms with E-state index in [1.165, 1.54) is 12.1 Å². The van der Waals surface area contributed by atoms with Gasteiger partial charge in [0.15, 0.2) is 5.78 Å². The van der Waals surface area contributed by atoms with Crippen LogP contribution in [0.3, 0.4) is 0 Å². The molecule has 21 heavy (non-hydrogen) atoms. The van der Waals surface area contributed by atoms with Crippen molar-refractivity contribution < 1.29 is 9.18 Å². The van der Waals surface area contributed by atoms with Gasteiger partial charge in [-0.25, -0.2) is 4.39 Å². The molecule has 2 rings (SSSR count). The smallest absolute Gasteiger partial charge is 0.184 e. The summed E-state index contributed by atoms with van der Waals surface area (Å²) in [5.74, 6) is -1.88. The average molecular weight is 302 g/mol. The van der Waals surface area contributed by atoms with Gasteiger partial charge in [-0.05, 0) is 43.7 Å². The highest BCUT2D eigenvalue weighted by molar-refractivity contribution is 6.31. The number of rotatable bonds is 3. The first-order valence-corrected chi connectivity index (χ1v) is 6.77. The lowest BCUT2D eigenvalue weighted by molar-refractivity contribution is 0.0978. The van der Waals surface area contributed by atoms with E-state index in [9.17, 15) is 14.4 Å². The zero-order chi connectivity index (χ0) is 15.6. The van der Waals surface area contributed by atoms with Crippen molar-refractivity contribution in [2.45, 2.75) is 19.8 Å². The van der Waals surface area contributed by atoms with E-state index in [0.717, 1.165) is 17.2 Å². The Morgan fingerprint density at radius 2 is 1.81 bits per heavy atom. The Morgan fingerprint density at radius 1 is 1.19 bits per heavy atom. The van der Waals surface area contributed by atoms with Gasteiger partial charge in [-0.3, -0.25) is 4.79 Å². The zero-order valence-corrected chi connectivity index (χ0v) is 12.4. The van der Waals surface area contributed by atoms with Gasteiger partial charge in [0.2, 0.25) is 0 Å². The van der Waals surface area contributed by atoms with Crippen molar-refractivity contribution in [1.82, 2.24) is 0 Å². The summed E-state index contributed by atoms with van der Waals surface area (Å²) < 4.78 is 13.1. The van der Waals surface area contributed by atoms with E-state index in [-0.39, 0.29) is 10.8 Å². The molecule has 0 amide bonds. The molecule has 2 nitrogen and oxygen atoms in total. The van der Waals surface area contributed by atoms with Crippen molar-refractivity contribution in [2.75, 3.05) is 0 Å². The van der Waals surface area contributed by atoms with Crippen molar-refractivity contribution in [3.8, 4) is 6.07 Å². The van der Waals surface area contributed by atoms with Crippen molar-refractivity contribution in [2.24, 2.45) is 0 Å². The normalized spacial score (nSPS) is 11.8. The lowest BCUT2D eigenvalue weighted by atomic mass is 9.90. The molecule has 0 aliphatic carbocycles. The number of hydrogen-bond acceptors (Lipinski definition) is 2. The summed E-state index contributed by atoms with van der Waals surface area (Å²) in [7, 11) is 0. The number of hydrogen-bond donors (Lipinski definition) is 0. The van der Waals surface area contributed by atoms with E-state index in [0.29, 0.717) is 11.1 Å². The summed E-state index contributed by atoms with van der Waals surface area (Å²) >= 11 is 5.95. The third-order valence-corrected chi connectivity index (χ3v) is 3.50. The number of ketones is 1. The second-order valence-corrected chi connectivity index (χ2v) is 5.38. The Balaban J connectivity index is 2.46. The van der Waals surface area contributed by atoms with Gasteiger partial charge in [-0.1, -0.05) is 34.9 Å². The Kier molecular flexibility index (Phi) is 4.40. The maximum absolute atomic E-state index is 13.1. The zero-order valence-electron chi connectivity index (χ0n) is 11.7. The minimum Gasteiger partial charge on any atom is -0.292 e. The number of Topliss-reactive ketones (excluding diaryl/α,β-unsaturated/α-hetero) is 1. The molecule has 0 radical (unpaired) electrons. The molecule has 2 aromatic rings. The molecule has 0 aromatic heterocycles. The molecule has 0 fully saturated rings. The van der Waals surface area contributed by atoms with Gasteiger partial charge in [0.25, 0.3) is 0 Å². The van der Waals surface area contributed by atoms with Crippen LogP contribution in [-0.2, 0) is 0 Å². The quantitative estimate of drug-likeness (QED) is 0.778. The van der Waals surface area contributed by atoms with Crippen molar-refractivity contribution >= 4 is 17.4 Å². The van der Waals surface area contributed by atoms with Gasteiger partial charge in [0.05, 0.1) is 6.07 Å². The van der Waals surface area contributed by atoms with Crippen LogP contribution in [0, 0.1) is 31.0 Å². The van der Waals surface area contributed by atoms with Crippen LogP contribution >= 0.6 is 11.6 Å². The Labute approximate surface area is 127 Å². The number of benzene rings is 2. The number of halogens is 2.